The Labute approximate surface area is 137 Å². The standard InChI is InChI=1S/C17H13N3O4/c1-10-9-12(20(23)24)7-8-14(10)18-16-13-5-3-4-6-15(13)19(11(2)21)17(16)22/h3-9H,1-2H3. The summed E-state index contributed by atoms with van der Waals surface area (Å²) in [4.78, 5) is 40.1. The molecule has 7 nitrogen and oxygen atoms in total. The van der Waals surface area contributed by atoms with E-state index in [1.807, 2.05) is 0 Å². The fraction of sp³-hybridized carbons (Fsp3) is 0.118. The van der Waals surface area contributed by atoms with Gasteiger partial charge in [0.15, 0.2) is 0 Å². The molecule has 2 aromatic rings. The number of non-ortho nitro benzene ring substituents is 1. The highest BCUT2D eigenvalue weighted by atomic mass is 16.6. The molecule has 1 aliphatic heterocycles. The summed E-state index contributed by atoms with van der Waals surface area (Å²) >= 11 is 0. The molecule has 24 heavy (non-hydrogen) atoms. The van der Waals surface area contributed by atoms with E-state index >= 15 is 0 Å². The van der Waals surface area contributed by atoms with Crippen LogP contribution >= 0.6 is 0 Å². The second kappa shape index (κ2) is 5.69. The second-order valence-corrected chi connectivity index (χ2v) is 5.37. The number of benzene rings is 2. The maximum absolute atomic E-state index is 12.6. The van der Waals surface area contributed by atoms with Gasteiger partial charge in [0.05, 0.1) is 16.3 Å². The lowest BCUT2D eigenvalue weighted by molar-refractivity contribution is -0.384. The molecule has 0 saturated carbocycles. The van der Waals surface area contributed by atoms with E-state index in [2.05, 4.69) is 4.99 Å². The molecule has 0 N–H and O–H groups in total. The van der Waals surface area contributed by atoms with Gasteiger partial charge in [-0.2, -0.15) is 0 Å². The van der Waals surface area contributed by atoms with Gasteiger partial charge >= 0.3 is 0 Å². The SMILES string of the molecule is CC(=O)N1C(=O)C(=Nc2ccc([N+](=O)[O-])cc2C)c2ccccc21. The van der Waals surface area contributed by atoms with E-state index in [1.165, 1.54) is 25.1 Å². The number of amides is 2. The number of anilines is 1. The molecule has 7 heteroatoms. The first-order valence-corrected chi connectivity index (χ1v) is 7.18. The minimum absolute atomic E-state index is 0.0417. The van der Waals surface area contributed by atoms with Gasteiger partial charge in [-0.1, -0.05) is 18.2 Å². The van der Waals surface area contributed by atoms with Crippen molar-refractivity contribution in [2.75, 3.05) is 4.90 Å². The van der Waals surface area contributed by atoms with Crippen LogP contribution in [0.3, 0.4) is 0 Å². The van der Waals surface area contributed by atoms with Crippen LogP contribution in [0.4, 0.5) is 17.1 Å². The number of para-hydroxylation sites is 1. The van der Waals surface area contributed by atoms with E-state index in [-0.39, 0.29) is 11.4 Å². The summed E-state index contributed by atoms with van der Waals surface area (Å²) in [6.45, 7) is 3.00. The molecule has 2 aromatic carbocycles. The average Bonchev–Trinajstić information content (AvgIpc) is 2.81. The van der Waals surface area contributed by atoms with Crippen LogP contribution in [0.1, 0.15) is 18.1 Å². The zero-order valence-electron chi connectivity index (χ0n) is 13.0. The number of nitrogens with zero attached hydrogens (tertiary/aromatic N) is 3. The van der Waals surface area contributed by atoms with Crippen molar-refractivity contribution < 1.29 is 14.5 Å². The first kappa shape index (κ1) is 15.5. The number of hydrogen-bond donors (Lipinski definition) is 0. The summed E-state index contributed by atoms with van der Waals surface area (Å²) in [5.41, 5.74) is 2.19. The third kappa shape index (κ3) is 2.45. The van der Waals surface area contributed by atoms with E-state index in [9.17, 15) is 19.7 Å². The molecule has 0 spiro atoms. The zero-order chi connectivity index (χ0) is 17.4. The highest BCUT2D eigenvalue weighted by Gasteiger charge is 2.36. The number of hydrogen-bond acceptors (Lipinski definition) is 5. The number of carbonyl (C=O) groups excluding carboxylic acids is 2. The molecular weight excluding hydrogens is 310 g/mol. The molecule has 0 saturated heterocycles. The molecular formula is C17H13N3O4. The lowest BCUT2D eigenvalue weighted by Crippen LogP contribution is -2.34. The molecule has 0 fully saturated rings. The number of rotatable bonds is 2. The molecule has 3 rings (SSSR count). The van der Waals surface area contributed by atoms with Gasteiger partial charge in [0.1, 0.15) is 5.71 Å². The van der Waals surface area contributed by atoms with Crippen molar-refractivity contribution in [2.24, 2.45) is 4.99 Å². The van der Waals surface area contributed by atoms with Crippen molar-refractivity contribution in [3.05, 3.63) is 63.7 Å². The number of imide groups is 1. The molecule has 0 radical (unpaired) electrons. The van der Waals surface area contributed by atoms with Gasteiger partial charge < -0.3 is 0 Å². The van der Waals surface area contributed by atoms with Crippen LogP contribution in [-0.4, -0.2) is 22.4 Å². The molecule has 120 valence electrons. The lowest BCUT2D eigenvalue weighted by Gasteiger charge is -2.11. The van der Waals surface area contributed by atoms with Crippen molar-refractivity contribution in [2.45, 2.75) is 13.8 Å². The molecule has 1 aliphatic rings. The van der Waals surface area contributed by atoms with E-state index in [1.54, 1.807) is 31.2 Å². The number of aliphatic imine (C=N–C) groups is 1. The van der Waals surface area contributed by atoms with Gasteiger partial charge in [0.2, 0.25) is 5.91 Å². The predicted molar refractivity (Wildman–Crippen MR) is 88.6 cm³/mol. The minimum atomic E-state index is -0.499. The van der Waals surface area contributed by atoms with Crippen molar-refractivity contribution >= 4 is 34.6 Å². The van der Waals surface area contributed by atoms with Gasteiger partial charge in [0, 0.05) is 24.6 Å². The Kier molecular flexibility index (Phi) is 3.69. The van der Waals surface area contributed by atoms with Gasteiger partial charge in [0.25, 0.3) is 11.6 Å². The fourth-order valence-electron chi connectivity index (χ4n) is 2.62. The van der Waals surface area contributed by atoms with E-state index in [4.69, 9.17) is 0 Å². The van der Waals surface area contributed by atoms with Crippen molar-refractivity contribution in [3.8, 4) is 0 Å². The van der Waals surface area contributed by atoms with Crippen LogP contribution in [0.5, 0.6) is 0 Å². The lowest BCUT2D eigenvalue weighted by atomic mass is 10.1. The first-order valence-electron chi connectivity index (χ1n) is 7.18. The highest BCUT2D eigenvalue weighted by molar-refractivity contribution is 6.58. The summed E-state index contributed by atoms with van der Waals surface area (Å²) < 4.78 is 0. The summed E-state index contributed by atoms with van der Waals surface area (Å²) in [6.07, 6.45) is 0. The maximum Gasteiger partial charge on any atom is 0.284 e. The number of fused-ring (bicyclic) bond motifs is 1. The van der Waals surface area contributed by atoms with Crippen molar-refractivity contribution in [3.63, 3.8) is 0 Å². The van der Waals surface area contributed by atoms with Gasteiger partial charge in [-0.15, -0.1) is 0 Å². The first-order chi connectivity index (χ1) is 11.4. The van der Waals surface area contributed by atoms with Crippen LogP contribution in [0.25, 0.3) is 0 Å². The van der Waals surface area contributed by atoms with E-state index in [0.717, 1.165) is 4.90 Å². The van der Waals surface area contributed by atoms with Crippen molar-refractivity contribution in [1.82, 2.24) is 0 Å². The Balaban J connectivity index is 2.13. The van der Waals surface area contributed by atoms with E-state index < -0.39 is 16.7 Å². The third-order valence-electron chi connectivity index (χ3n) is 3.74. The Morgan fingerprint density at radius 1 is 1.21 bits per heavy atom. The molecule has 0 aliphatic carbocycles. The second-order valence-electron chi connectivity index (χ2n) is 5.37. The van der Waals surface area contributed by atoms with Gasteiger partial charge in [-0.3, -0.25) is 19.7 Å². The molecule has 0 aromatic heterocycles. The number of carbonyl (C=O) groups is 2. The Hall–Kier alpha value is -3.35. The molecule has 1 heterocycles. The quantitative estimate of drug-likeness (QED) is 0.627. The van der Waals surface area contributed by atoms with Gasteiger partial charge in [-0.25, -0.2) is 9.89 Å². The average molecular weight is 323 g/mol. The summed E-state index contributed by atoms with van der Waals surface area (Å²) in [7, 11) is 0. The molecule has 2 amide bonds. The highest BCUT2D eigenvalue weighted by Crippen LogP contribution is 2.32. The summed E-state index contributed by atoms with van der Waals surface area (Å²) in [5, 5.41) is 10.8. The molecule has 0 atom stereocenters. The summed E-state index contributed by atoms with van der Waals surface area (Å²) in [6, 6.07) is 11.1. The van der Waals surface area contributed by atoms with Crippen LogP contribution < -0.4 is 4.90 Å². The number of nitro groups is 1. The van der Waals surface area contributed by atoms with Crippen LogP contribution in [-0.2, 0) is 9.59 Å². The Morgan fingerprint density at radius 3 is 2.54 bits per heavy atom. The third-order valence-corrected chi connectivity index (χ3v) is 3.74. The van der Waals surface area contributed by atoms with Crippen LogP contribution in [0.15, 0.2) is 47.5 Å². The monoisotopic (exact) mass is 323 g/mol. The molecule has 0 unspecified atom stereocenters. The largest absolute Gasteiger partial charge is 0.284 e. The fourth-order valence-corrected chi connectivity index (χ4v) is 2.62. The van der Waals surface area contributed by atoms with Crippen LogP contribution in [0.2, 0.25) is 0 Å². The molecule has 0 bridgehead atoms. The van der Waals surface area contributed by atoms with Crippen molar-refractivity contribution in [1.29, 1.82) is 0 Å². The Bertz CT molecular complexity index is 918. The minimum Gasteiger partial charge on any atom is -0.274 e. The van der Waals surface area contributed by atoms with E-state index in [0.29, 0.717) is 22.5 Å². The number of aryl methyl sites for hydroxylation is 1. The normalized spacial score (nSPS) is 14.8. The van der Waals surface area contributed by atoms with Crippen LogP contribution in [0, 0.1) is 17.0 Å². The number of nitro benzene ring substituents is 1. The van der Waals surface area contributed by atoms with Gasteiger partial charge in [-0.05, 0) is 24.6 Å². The predicted octanol–water partition coefficient (Wildman–Crippen LogP) is 2.92. The Morgan fingerprint density at radius 2 is 1.92 bits per heavy atom. The maximum atomic E-state index is 12.6. The topological polar surface area (TPSA) is 92.9 Å². The zero-order valence-corrected chi connectivity index (χ0v) is 13.0. The smallest absolute Gasteiger partial charge is 0.274 e. The summed E-state index contributed by atoms with van der Waals surface area (Å²) in [5.74, 6) is -0.889.